The fourth-order valence-electron chi connectivity index (χ4n) is 2.09. The van der Waals surface area contributed by atoms with Gasteiger partial charge in [0.15, 0.2) is 17.2 Å². The van der Waals surface area contributed by atoms with Gasteiger partial charge in [0.1, 0.15) is 6.61 Å². The van der Waals surface area contributed by atoms with E-state index in [0.29, 0.717) is 0 Å². The number of hydrogen-bond acceptors (Lipinski definition) is 6. The van der Waals surface area contributed by atoms with Gasteiger partial charge in [-0.15, -0.1) is 8.78 Å². The van der Waals surface area contributed by atoms with E-state index in [-0.39, 0.29) is 47.9 Å². The zero-order valence-electron chi connectivity index (χ0n) is 11.5. The molecule has 1 aromatic carbocycles. The standard InChI is InChI=1S/C13H10F2N2O6/c14-13(15)22-8-4-6-7(5-9(8)23-13)16-12(20)11(6)17-21-3-1-2-10(18)19/h4-5H,1-3H2,(H,18,19)(H,16,17,20). The first kappa shape index (κ1) is 15.0. The van der Waals surface area contributed by atoms with Crippen molar-refractivity contribution >= 4 is 23.3 Å². The third kappa shape index (κ3) is 3.00. The number of aliphatic carboxylic acids is 1. The fraction of sp³-hybridized carbons (Fsp3) is 0.308. The van der Waals surface area contributed by atoms with Crippen molar-refractivity contribution in [3.05, 3.63) is 17.7 Å². The number of oxime groups is 1. The third-order valence-electron chi connectivity index (χ3n) is 3.04. The van der Waals surface area contributed by atoms with E-state index in [2.05, 4.69) is 19.9 Å². The number of anilines is 1. The summed E-state index contributed by atoms with van der Waals surface area (Å²) in [5, 5.41) is 14.6. The summed E-state index contributed by atoms with van der Waals surface area (Å²) in [6.07, 6.45) is -3.64. The maximum atomic E-state index is 13.0. The lowest BCUT2D eigenvalue weighted by Crippen LogP contribution is -2.26. The number of amides is 1. The Hall–Kier alpha value is -2.91. The number of hydrogen-bond donors (Lipinski definition) is 2. The summed E-state index contributed by atoms with van der Waals surface area (Å²) in [6.45, 7) is 0.00103. The number of carboxylic acid groups (broad SMARTS) is 1. The van der Waals surface area contributed by atoms with Gasteiger partial charge >= 0.3 is 12.3 Å². The maximum absolute atomic E-state index is 13.0. The highest BCUT2D eigenvalue weighted by Crippen LogP contribution is 2.45. The highest BCUT2D eigenvalue weighted by atomic mass is 19.3. The smallest absolute Gasteiger partial charge is 0.481 e. The van der Waals surface area contributed by atoms with Gasteiger partial charge in [-0.05, 0) is 12.5 Å². The Morgan fingerprint density at radius 1 is 1.35 bits per heavy atom. The van der Waals surface area contributed by atoms with Crippen LogP contribution in [0.5, 0.6) is 11.5 Å². The average Bonchev–Trinajstić information content (AvgIpc) is 2.89. The van der Waals surface area contributed by atoms with Crippen LogP contribution in [0.25, 0.3) is 0 Å². The molecule has 0 bridgehead atoms. The van der Waals surface area contributed by atoms with Crippen molar-refractivity contribution in [2.24, 2.45) is 5.16 Å². The lowest BCUT2D eigenvalue weighted by atomic mass is 10.1. The van der Waals surface area contributed by atoms with Crippen LogP contribution >= 0.6 is 0 Å². The lowest BCUT2D eigenvalue weighted by molar-refractivity contribution is -0.286. The maximum Gasteiger partial charge on any atom is 0.586 e. The molecule has 0 saturated carbocycles. The van der Waals surface area contributed by atoms with Crippen LogP contribution in [0.2, 0.25) is 0 Å². The van der Waals surface area contributed by atoms with E-state index in [4.69, 9.17) is 9.94 Å². The van der Waals surface area contributed by atoms with Gasteiger partial charge in [0, 0.05) is 18.1 Å². The second-order valence-corrected chi connectivity index (χ2v) is 4.74. The van der Waals surface area contributed by atoms with E-state index in [9.17, 15) is 18.4 Å². The second-order valence-electron chi connectivity index (χ2n) is 4.74. The molecule has 1 amide bonds. The van der Waals surface area contributed by atoms with Crippen LogP contribution in [0.15, 0.2) is 17.3 Å². The van der Waals surface area contributed by atoms with Gasteiger partial charge in [-0.25, -0.2) is 0 Å². The van der Waals surface area contributed by atoms with Crippen LogP contribution in [-0.4, -0.2) is 35.6 Å². The molecule has 0 aliphatic carbocycles. The molecule has 0 spiro atoms. The Labute approximate surface area is 127 Å². The van der Waals surface area contributed by atoms with Crippen LogP contribution in [-0.2, 0) is 14.4 Å². The molecule has 2 N–H and O–H groups in total. The van der Waals surface area contributed by atoms with E-state index < -0.39 is 18.2 Å². The largest absolute Gasteiger partial charge is 0.586 e. The van der Waals surface area contributed by atoms with E-state index in [0.717, 1.165) is 0 Å². The van der Waals surface area contributed by atoms with Crippen molar-refractivity contribution in [1.82, 2.24) is 0 Å². The number of halogens is 2. The normalized spacial score (nSPS) is 18.7. The first-order valence-electron chi connectivity index (χ1n) is 6.53. The van der Waals surface area contributed by atoms with Gasteiger partial charge in [-0.3, -0.25) is 9.59 Å². The number of nitrogens with one attached hydrogen (secondary N) is 1. The summed E-state index contributed by atoms with van der Waals surface area (Å²) in [7, 11) is 0. The first-order valence-corrected chi connectivity index (χ1v) is 6.53. The molecule has 23 heavy (non-hydrogen) atoms. The average molecular weight is 328 g/mol. The number of rotatable bonds is 5. The Kier molecular flexibility index (Phi) is 3.51. The van der Waals surface area contributed by atoms with Crippen molar-refractivity contribution < 1.29 is 37.8 Å². The van der Waals surface area contributed by atoms with Crippen LogP contribution < -0.4 is 14.8 Å². The van der Waals surface area contributed by atoms with Crippen LogP contribution in [0.1, 0.15) is 18.4 Å². The number of fused-ring (bicyclic) bond motifs is 2. The van der Waals surface area contributed by atoms with E-state index in [1.807, 2.05) is 0 Å². The number of carbonyl (C=O) groups is 2. The molecule has 10 heteroatoms. The van der Waals surface area contributed by atoms with Gasteiger partial charge in [0.25, 0.3) is 5.91 Å². The van der Waals surface area contributed by atoms with Gasteiger partial charge in [-0.2, -0.15) is 0 Å². The summed E-state index contributed by atoms with van der Waals surface area (Å²) >= 11 is 0. The molecule has 8 nitrogen and oxygen atoms in total. The number of alkyl halides is 2. The molecular weight excluding hydrogens is 318 g/mol. The SMILES string of the molecule is O=C(O)CCCON=C1C(=O)Nc2cc3c(cc21)OC(F)(F)O3. The lowest BCUT2D eigenvalue weighted by Gasteiger charge is -2.04. The fourth-order valence-corrected chi connectivity index (χ4v) is 2.09. The van der Waals surface area contributed by atoms with Crippen molar-refractivity contribution in [2.75, 3.05) is 11.9 Å². The predicted octanol–water partition coefficient (Wildman–Crippen LogP) is 1.55. The highest BCUT2D eigenvalue weighted by Gasteiger charge is 2.45. The summed E-state index contributed by atoms with van der Waals surface area (Å²) in [5.41, 5.74) is 0.355. The van der Waals surface area contributed by atoms with E-state index in [1.165, 1.54) is 12.1 Å². The van der Waals surface area contributed by atoms with Gasteiger partial charge in [0.05, 0.1) is 5.69 Å². The summed E-state index contributed by atoms with van der Waals surface area (Å²) in [4.78, 5) is 27.1. The molecule has 2 aliphatic heterocycles. The van der Waals surface area contributed by atoms with Gasteiger partial charge in [-0.1, -0.05) is 5.16 Å². The molecule has 3 rings (SSSR count). The molecule has 0 radical (unpaired) electrons. The zero-order valence-corrected chi connectivity index (χ0v) is 11.5. The molecule has 1 aromatic rings. The number of carbonyl (C=O) groups excluding carboxylic acids is 1. The van der Waals surface area contributed by atoms with E-state index in [1.54, 1.807) is 0 Å². The van der Waals surface area contributed by atoms with Crippen molar-refractivity contribution in [3.8, 4) is 11.5 Å². The van der Waals surface area contributed by atoms with Crippen molar-refractivity contribution in [2.45, 2.75) is 19.1 Å². The number of carboxylic acids is 1. The van der Waals surface area contributed by atoms with Crippen molar-refractivity contribution in [3.63, 3.8) is 0 Å². The van der Waals surface area contributed by atoms with Crippen LogP contribution in [0.3, 0.4) is 0 Å². The summed E-state index contributed by atoms with van der Waals surface area (Å²) in [6, 6.07) is 2.40. The zero-order chi connectivity index (χ0) is 16.6. The first-order chi connectivity index (χ1) is 10.9. The molecule has 122 valence electrons. The topological polar surface area (TPSA) is 106 Å². The summed E-state index contributed by atoms with van der Waals surface area (Å²) < 4.78 is 34.6. The minimum atomic E-state index is -3.76. The second kappa shape index (κ2) is 5.38. The third-order valence-corrected chi connectivity index (χ3v) is 3.04. The minimum Gasteiger partial charge on any atom is -0.481 e. The number of ether oxygens (including phenoxy) is 2. The van der Waals surface area contributed by atoms with Crippen molar-refractivity contribution in [1.29, 1.82) is 0 Å². The summed E-state index contributed by atoms with van der Waals surface area (Å²) in [5.74, 6) is -1.96. The predicted molar refractivity (Wildman–Crippen MR) is 70.6 cm³/mol. The quantitative estimate of drug-likeness (QED) is 0.627. The Morgan fingerprint density at radius 2 is 2.04 bits per heavy atom. The van der Waals surface area contributed by atoms with E-state index >= 15 is 0 Å². The Balaban J connectivity index is 1.76. The Bertz CT molecular complexity index is 719. The molecule has 2 aliphatic rings. The molecule has 0 saturated heterocycles. The molecule has 0 atom stereocenters. The molecule has 0 aromatic heterocycles. The van der Waals surface area contributed by atoms with Gasteiger partial charge in [0.2, 0.25) is 0 Å². The number of benzene rings is 1. The molecule has 0 fully saturated rings. The molecular formula is C13H10F2N2O6. The van der Waals surface area contributed by atoms with Gasteiger partial charge < -0.3 is 24.7 Å². The van der Waals surface area contributed by atoms with Crippen LogP contribution in [0.4, 0.5) is 14.5 Å². The molecule has 0 unspecified atom stereocenters. The minimum absolute atomic E-state index is 0.00103. The monoisotopic (exact) mass is 328 g/mol. The number of nitrogens with zero attached hydrogens (tertiary/aromatic N) is 1. The highest BCUT2D eigenvalue weighted by molar-refractivity contribution is 6.53. The Morgan fingerprint density at radius 3 is 2.74 bits per heavy atom. The van der Waals surface area contributed by atoms with Crippen LogP contribution in [0, 0.1) is 0 Å². The molecule has 2 heterocycles.